The van der Waals surface area contributed by atoms with Crippen molar-refractivity contribution < 1.29 is 0 Å². The van der Waals surface area contributed by atoms with E-state index in [0.29, 0.717) is 0 Å². The molecule has 1 aromatic carbocycles. The molecule has 7 heteroatoms. The van der Waals surface area contributed by atoms with Crippen LogP contribution in [0.4, 0.5) is 11.5 Å². The number of anilines is 2. The molecule has 0 atom stereocenters. The predicted octanol–water partition coefficient (Wildman–Crippen LogP) is 3.08. The first kappa shape index (κ1) is 15.3. The van der Waals surface area contributed by atoms with E-state index in [-0.39, 0.29) is 0 Å². The molecule has 5 nitrogen and oxygen atoms in total. The van der Waals surface area contributed by atoms with Crippen LogP contribution in [0.5, 0.6) is 0 Å². The van der Waals surface area contributed by atoms with Crippen molar-refractivity contribution in [2.75, 3.05) is 37.8 Å². The summed E-state index contributed by atoms with van der Waals surface area (Å²) in [7, 11) is 0. The highest BCUT2D eigenvalue weighted by atomic mass is 32.2. The van der Waals surface area contributed by atoms with E-state index in [1.807, 2.05) is 11.9 Å². The molecular weight excluding hydrogens is 326 g/mol. The lowest BCUT2D eigenvalue weighted by atomic mass is 10.1. The Bertz CT molecular complexity index is 701. The topological polar surface area (TPSA) is 44.3 Å². The van der Waals surface area contributed by atoms with E-state index in [9.17, 15) is 0 Å². The molecule has 120 valence electrons. The van der Waals surface area contributed by atoms with Crippen molar-refractivity contribution in [3.63, 3.8) is 0 Å². The van der Waals surface area contributed by atoms with Crippen molar-refractivity contribution in [1.82, 2.24) is 19.2 Å². The van der Waals surface area contributed by atoms with E-state index in [2.05, 4.69) is 48.9 Å². The molecular formula is C16H19N5S2. The van der Waals surface area contributed by atoms with Gasteiger partial charge in [-0.25, -0.2) is 14.3 Å². The lowest BCUT2D eigenvalue weighted by Crippen LogP contribution is -2.42. The summed E-state index contributed by atoms with van der Waals surface area (Å²) in [6.07, 6.45) is 5.62. The molecule has 2 aliphatic heterocycles. The van der Waals surface area contributed by atoms with Crippen LogP contribution in [0.2, 0.25) is 0 Å². The normalized spacial score (nSPS) is 18.1. The summed E-state index contributed by atoms with van der Waals surface area (Å²) in [5, 5.41) is 4.36. The van der Waals surface area contributed by atoms with Crippen molar-refractivity contribution in [3.8, 4) is 0 Å². The third-order valence-electron chi connectivity index (χ3n) is 4.16. The number of aromatic nitrogens is 2. The summed E-state index contributed by atoms with van der Waals surface area (Å²) < 4.78 is 2.43. The van der Waals surface area contributed by atoms with Gasteiger partial charge in [0.25, 0.3) is 0 Å². The molecule has 1 aromatic heterocycles. The van der Waals surface area contributed by atoms with Crippen LogP contribution in [-0.4, -0.2) is 51.6 Å². The van der Waals surface area contributed by atoms with Crippen LogP contribution in [0.25, 0.3) is 0 Å². The maximum atomic E-state index is 4.37. The van der Waals surface area contributed by atoms with Gasteiger partial charge in [0.05, 0.1) is 5.69 Å². The molecule has 4 rings (SSSR count). The molecule has 23 heavy (non-hydrogen) atoms. The Morgan fingerprint density at radius 1 is 1.17 bits per heavy atom. The van der Waals surface area contributed by atoms with Gasteiger partial charge in [0, 0.05) is 50.0 Å². The largest absolute Gasteiger partial charge is 0.337 e. The quantitative estimate of drug-likeness (QED) is 0.732. The fraction of sp³-hybridized carbons (Fsp3) is 0.375. The Kier molecular flexibility index (Phi) is 4.43. The molecule has 0 unspecified atom stereocenters. The highest BCUT2D eigenvalue weighted by Crippen LogP contribution is 2.42. The van der Waals surface area contributed by atoms with E-state index in [1.54, 1.807) is 24.2 Å². The van der Waals surface area contributed by atoms with E-state index >= 15 is 0 Å². The third kappa shape index (κ3) is 3.33. The zero-order chi connectivity index (χ0) is 15.6. The van der Waals surface area contributed by atoms with E-state index in [1.165, 1.54) is 10.5 Å². The van der Waals surface area contributed by atoms with Crippen LogP contribution in [-0.2, 0) is 6.54 Å². The molecule has 0 bridgehead atoms. The zero-order valence-electron chi connectivity index (χ0n) is 13.0. The number of fused-ring (bicyclic) bond motifs is 2. The van der Waals surface area contributed by atoms with Gasteiger partial charge < -0.3 is 5.32 Å². The lowest BCUT2D eigenvalue weighted by Gasteiger charge is -2.33. The molecule has 2 aliphatic rings. The van der Waals surface area contributed by atoms with Gasteiger partial charge in [-0.1, -0.05) is 29.8 Å². The van der Waals surface area contributed by atoms with Crippen molar-refractivity contribution in [3.05, 3.63) is 36.2 Å². The standard InChI is InChI=1S/C16H19N5S2/c1-22-21-8-6-20(7-9-21)11-12-2-3-14-13(10-12)19-15-16(23-14)18-5-4-17-15/h2-5,10H,6-9,11H2,1H3,(H,17,19). The molecule has 1 saturated heterocycles. The summed E-state index contributed by atoms with van der Waals surface area (Å²) in [6.45, 7) is 5.56. The van der Waals surface area contributed by atoms with Crippen LogP contribution in [0.3, 0.4) is 0 Å². The Morgan fingerprint density at radius 2 is 2.00 bits per heavy atom. The van der Waals surface area contributed by atoms with Gasteiger partial charge in [0.1, 0.15) is 5.03 Å². The second-order valence-electron chi connectivity index (χ2n) is 5.66. The fourth-order valence-electron chi connectivity index (χ4n) is 2.91. The van der Waals surface area contributed by atoms with E-state index < -0.39 is 0 Å². The summed E-state index contributed by atoms with van der Waals surface area (Å²) in [5.74, 6) is 0.857. The average Bonchev–Trinajstić information content (AvgIpc) is 2.60. The van der Waals surface area contributed by atoms with Crippen molar-refractivity contribution in [2.24, 2.45) is 0 Å². The van der Waals surface area contributed by atoms with E-state index in [4.69, 9.17) is 0 Å². The molecule has 0 spiro atoms. The minimum absolute atomic E-state index is 0.857. The molecule has 0 radical (unpaired) electrons. The SMILES string of the molecule is CSN1CCN(Cc2ccc3c(c2)Nc2nccnc2S3)CC1. The number of nitrogens with one attached hydrogen (secondary N) is 1. The molecule has 1 fully saturated rings. The molecule has 0 saturated carbocycles. The summed E-state index contributed by atoms with van der Waals surface area (Å²) in [4.78, 5) is 12.5. The van der Waals surface area contributed by atoms with Crippen LogP contribution >= 0.6 is 23.7 Å². The summed E-state index contributed by atoms with van der Waals surface area (Å²) in [6, 6.07) is 6.68. The summed E-state index contributed by atoms with van der Waals surface area (Å²) in [5.41, 5.74) is 2.49. The second kappa shape index (κ2) is 6.68. The number of hydrogen-bond acceptors (Lipinski definition) is 7. The Balaban J connectivity index is 1.46. The van der Waals surface area contributed by atoms with Gasteiger partial charge in [0.2, 0.25) is 0 Å². The lowest BCUT2D eigenvalue weighted by molar-refractivity contribution is 0.189. The monoisotopic (exact) mass is 345 g/mol. The Morgan fingerprint density at radius 3 is 2.83 bits per heavy atom. The van der Waals surface area contributed by atoms with Gasteiger partial charge >= 0.3 is 0 Å². The predicted molar refractivity (Wildman–Crippen MR) is 96.2 cm³/mol. The minimum atomic E-state index is 0.857. The number of nitrogens with zero attached hydrogens (tertiary/aromatic N) is 4. The van der Waals surface area contributed by atoms with E-state index in [0.717, 1.165) is 49.3 Å². The van der Waals surface area contributed by atoms with Gasteiger partial charge in [-0.3, -0.25) is 4.90 Å². The molecule has 0 aliphatic carbocycles. The van der Waals surface area contributed by atoms with Crippen molar-refractivity contribution in [1.29, 1.82) is 0 Å². The maximum Gasteiger partial charge on any atom is 0.163 e. The Labute approximate surface area is 145 Å². The zero-order valence-corrected chi connectivity index (χ0v) is 14.7. The van der Waals surface area contributed by atoms with Crippen LogP contribution in [0.15, 0.2) is 40.5 Å². The van der Waals surface area contributed by atoms with Gasteiger partial charge in [-0.05, 0) is 24.0 Å². The molecule has 1 N–H and O–H groups in total. The Hall–Kier alpha value is -1.28. The number of hydrogen-bond donors (Lipinski definition) is 1. The minimum Gasteiger partial charge on any atom is -0.337 e. The highest BCUT2D eigenvalue weighted by molar-refractivity contribution is 7.99. The molecule has 2 aromatic rings. The number of piperazine rings is 1. The molecule has 0 amide bonds. The van der Waals surface area contributed by atoms with Crippen molar-refractivity contribution >= 4 is 35.2 Å². The first-order valence-corrected chi connectivity index (χ1v) is 9.72. The second-order valence-corrected chi connectivity index (χ2v) is 7.57. The first-order chi connectivity index (χ1) is 11.3. The average molecular weight is 345 g/mol. The first-order valence-electron chi connectivity index (χ1n) is 7.72. The maximum absolute atomic E-state index is 4.37. The van der Waals surface area contributed by atoms with Crippen LogP contribution in [0, 0.1) is 0 Å². The number of rotatable bonds is 3. The number of benzene rings is 1. The van der Waals surface area contributed by atoms with Gasteiger partial charge in [-0.15, -0.1) is 0 Å². The smallest absolute Gasteiger partial charge is 0.163 e. The summed E-state index contributed by atoms with van der Waals surface area (Å²) >= 11 is 3.53. The van der Waals surface area contributed by atoms with Gasteiger partial charge in [0.15, 0.2) is 5.82 Å². The van der Waals surface area contributed by atoms with Crippen LogP contribution in [0.1, 0.15) is 5.56 Å². The van der Waals surface area contributed by atoms with Crippen molar-refractivity contribution in [2.45, 2.75) is 16.5 Å². The molecule has 3 heterocycles. The highest BCUT2D eigenvalue weighted by Gasteiger charge is 2.19. The van der Waals surface area contributed by atoms with Crippen LogP contribution < -0.4 is 5.32 Å². The fourth-order valence-corrected chi connectivity index (χ4v) is 4.31. The van der Waals surface area contributed by atoms with Gasteiger partial charge in [-0.2, -0.15) is 0 Å². The third-order valence-corrected chi connectivity index (χ3v) is 6.11.